The summed E-state index contributed by atoms with van der Waals surface area (Å²) >= 11 is 0. The highest BCUT2D eigenvalue weighted by molar-refractivity contribution is 5.88. The van der Waals surface area contributed by atoms with Gasteiger partial charge >= 0.3 is 0 Å². The average molecular weight is 366 g/mol. The molecule has 2 aromatic rings. The molecule has 0 atom stereocenters. The van der Waals surface area contributed by atoms with Gasteiger partial charge in [0, 0.05) is 31.9 Å². The smallest absolute Gasteiger partial charge is 0.232 e. The Hall–Kier alpha value is -2.69. The first-order valence-electron chi connectivity index (χ1n) is 9.46. The Bertz CT molecular complexity index is 854. The molecule has 5 heteroatoms. The van der Waals surface area contributed by atoms with Crippen LogP contribution in [-0.4, -0.2) is 43.8 Å². The Balaban J connectivity index is 1.45. The van der Waals surface area contributed by atoms with Gasteiger partial charge in [0.15, 0.2) is 11.5 Å². The van der Waals surface area contributed by atoms with Gasteiger partial charge in [-0.05, 0) is 56.2 Å². The van der Waals surface area contributed by atoms with Crippen LogP contribution in [0.25, 0.3) is 0 Å². The first-order valence-corrected chi connectivity index (χ1v) is 9.46. The molecule has 2 aliphatic heterocycles. The van der Waals surface area contributed by atoms with Gasteiger partial charge in [0.2, 0.25) is 12.7 Å². The summed E-state index contributed by atoms with van der Waals surface area (Å²) in [5, 5.41) is 0. The summed E-state index contributed by atoms with van der Waals surface area (Å²) in [6.45, 7) is 9.51. The number of hydrogen-bond donors (Lipinski definition) is 0. The van der Waals surface area contributed by atoms with Crippen molar-refractivity contribution < 1.29 is 14.3 Å². The molecule has 0 spiro atoms. The van der Waals surface area contributed by atoms with Crippen LogP contribution in [0.4, 0.5) is 5.69 Å². The number of rotatable bonds is 3. The van der Waals surface area contributed by atoms with Gasteiger partial charge in [-0.3, -0.25) is 4.79 Å². The van der Waals surface area contributed by atoms with Crippen LogP contribution in [0, 0.1) is 6.92 Å². The molecule has 1 amide bonds. The van der Waals surface area contributed by atoms with Gasteiger partial charge in [0.05, 0.1) is 5.41 Å². The third-order valence-corrected chi connectivity index (χ3v) is 5.56. The van der Waals surface area contributed by atoms with Crippen molar-refractivity contribution >= 4 is 11.6 Å². The highest BCUT2D eigenvalue weighted by Crippen LogP contribution is 2.37. The van der Waals surface area contributed by atoms with E-state index in [1.807, 2.05) is 36.9 Å². The van der Waals surface area contributed by atoms with Crippen LogP contribution < -0.4 is 14.4 Å². The summed E-state index contributed by atoms with van der Waals surface area (Å²) in [5.74, 6) is 1.62. The largest absolute Gasteiger partial charge is 0.454 e. The molecule has 27 heavy (non-hydrogen) atoms. The zero-order chi connectivity index (χ0) is 19.0. The Kier molecular flexibility index (Phi) is 4.46. The topological polar surface area (TPSA) is 42.0 Å². The molecule has 0 saturated carbocycles. The lowest BCUT2D eigenvalue weighted by Gasteiger charge is -2.39. The molecule has 142 valence electrons. The molecule has 1 saturated heterocycles. The van der Waals surface area contributed by atoms with Crippen LogP contribution in [0.2, 0.25) is 0 Å². The number of aryl methyl sites for hydroxylation is 1. The number of hydrogen-bond acceptors (Lipinski definition) is 4. The van der Waals surface area contributed by atoms with Crippen LogP contribution in [0.15, 0.2) is 42.5 Å². The Morgan fingerprint density at radius 1 is 0.963 bits per heavy atom. The van der Waals surface area contributed by atoms with Gasteiger partial charge in [0.25, 0.3) is 0 Å². The van der Waals surface area contributed by atoms with E-state index in [1.54, 1.807) is 0 Å². The number of carbonyl (C=O) groups excluding carboxylic acids is 1. The molecule has 0 aromatic heterocycles. The molecule has 2 aromatic carbocycles. The maximum atomic E-state index is 13.3. The van der Waals surface area contributed by atoms with Gasteiger partial charge in [-0.25, -0.2) is 0 Å². The van der Waals surface area contributed by atoms with Gasteiger partial charge in [-0.2, -0.15) is 0 Å². The first-order chi connectivity index (χ1) is 12.9. The zero-order valence-electron chi connectivity index (χ0n) is 16.2. The van der Waals surface area contributed by atoms with E-state index in [9.17, 15) is 4.79 Å². The first kappa shape index (κ1) is 17.7. The highest BCUT2D eigenvalue weighted by Gasteiger charge is 2.36. The molecule has 4 rings (SSSR count). The van der Waals surface area contributed by atoms with E-state index >= 15 is 0 Å². The molecule has 2 heterocycles. The highest BCUT2D eigenvalue weighted by atomic mass is 16.7. The Labute approximate surface area is 160 Å². The van der Waals surface area contributed by atoms with E-state index in [0.29, 0.717) is 0 Å². The van der Waals surface area contributed by atoms with Crippen molar-refractivity contribution in [2.75, 3.05) is 37.9 Å². The van der Waals surface area contributed by atoms with Crippen molar-refractivity contribution in [2.45, 2.75) is 26.2 Å². The molecule has 0 aliphatic carbocycles. The van der Waals surface area contributed by atoms with E-state index in [4.69, 9.17) is 9.47 Å². The second-order valence-corrected chi connectivity index (χ2v) is 7.81. The quantitative estimate of drug-likeness (QED) is 0.835. The van der Waals surface area contributed by atoms with Crippen LogP contribution >= 0.6 is 0 Å². The lowest BCUT2D eigenvalue weighted by Crippen LogP contribution is -2.53. The second kappa shape index (κ2) is 6.80. The van der Waals surface area contributed by atoms with Crippen LogP contribution in [0.3, 0.4) is 0 Å². The molecular weight excluding hydrogens is 340 g/mol. The van der Waals surface area contributed by atoms with Crippen LogP contribution in [0.5, 0.6) is 11.5 Å². The van der Waals surface area contributed by atoms with Crippen LogP contribution in [0.1, 0.15) is 25.0 Å². The SMILES string of the molecule is Cc1cccc(N2CCN(C(=O)C(C)(C)c3ccc4c(c3)OCO4)CC2)c1. The summed E-state index contributed by atoms with van der Waals surface area (Å²) in [5.41, 5.74) is 2.84. The van der Waals surface area contributed by atoms with E-state index in [2.05, 4.69) is 36.1 Å². The van der Waals surface area contributed by atoms with E-state index in [1.165, 1.54) is 11.3 Å². The summed E-state index contributed by atoms with van der Waals surface area (Å²) in [6.07, 6.45) is 0. The fourth-order valence-corrected chi connectivity index (χ4v) is 3.80. The van der Waals surface area contributed by atoms with E-state index in [-0.39, 0.29) is 12.7 Å². The van der Waals surface area contributed by atoms with Gasteiger partial charge < -0.3 is 19.3 Å². The Morgan fingerprint density at radius 2 is 1.70 bits per heavy atom. The summed E-state index contributed by atoms with van der Waals surface area (Å²) in [6, 6.07) is 14.3. The number of piperazine rings is 1. The molecule has 0 N–H and O–H groups in total. The average Bonchev–Trinajstić information content (AvgIpc) is 3.15. The number of anilines is 1. The number of nitrogens with zero attached hydrogens (tertiary/aromatic N) is 2. The van der Waals surface area contributed by atoms with Gasteiger partial charge in [0.1, 0.15) is 0 Å². The minimum absolute atomic E-state index is 0.158. The number of benzene rings is 2. The molecule has 0 radical (unpaired) electrons. The molecule has 1 fully saturated rings. The maximum absolute atomic E-state index is 13.3. The maximum Gasteiger partial charge on any atom is 0.232 e. The predicted molar refractivity (Wildman–Crippen MR) is 106 cm³/mol. The van der Waals surface area contributed by atoms with Crippen molar-refractivity contribution in [3.8, 4) is 11.5 Å². The van der Waals surface area contributed by atoms with Crippen molar-refractivity contribution in [3.05, 3.63) is 53.6 Å². The molecule has 0 unspecified atom stereocenters. The fraction of sp³-hybridized carbons (Fsp3) is 0.409. The third kappa shape index (κ3) is 3.34. The van der Waals surface area contributed by atoms with Gasteiger partial charge in [-0.15, -0.1) is 0 Å². The van der Waals surface area contributed by atoms with Gasteiger partial charge in [-0.1, -0.05) is 18.2 Å². The number of amides is 1. The molecular formula is C22H26N2O3. The van der Waals surface area contributed by atoms with Crippen LogP contribution in [-0.2, 0) is 10.2 Å². The van der Waals surface area contributed by atoms with Crippen molar-refractivity contribution in [3.63, 3.8) is 0 Å². The number of ether oxygens (including phenoxy) is 2. The molecule has 2 aliphatic rings. The van der Waals surface area contributed by atoms with Crippen molar-refractivity contribution in [1.29, 1.82) is 0 Å². The minimum atomic E-state index is -0.605. The van der Waals surface area contributed by atoms with Crippen molar-refractivity contribution in [2.24, 2.45) is 0 Å². The molecule has 5 nitrogen and oxygen atoms in total. The van der Waals surface area contributed by atoms with E-state index in [0.717, 1.165) is 43.2 Å². The predicted octanol–water partition coefficient (Wildman–Crippen LogP) is 3.35. The van der Waals surface area contributed by atoms with E-state index < -0.39 is 5.41 Å². The molecule has 0 bridgehead atoms. The third-order valence-electron chi connectivity index (χ3n) is 5.56. The fourth-order valence-electron chi connectivity index (χ4n) is 3.80. The summed E-state index contributed by atoms with van der Waals surface area (Å²) < 4.78 is 10.9. The lowest BCUT2D eigenvalue weighted by molar-refractivity contribution is -0.136. The Morgan fingerprint density at radius 3 is 2.44 bits per heavy atom. The summed E-state index contributed by atoms with van der Waals surface area (Å²) in [7, 11) is 0. The summed E-state index contributed by atoms with van der Waals surface area (Å²) in [4.78, 5) is 17.6. The lowest BCUT2D eigenvalue weighted by atomic mass is 9.82. The number of fused-ring (bicyclic) bond motifs is 1. The second-order valence-electron chi connectivity index (χ2n) is 7.81. The normalized spacial score (nSPS) is 16.6. The number of carbonyl (C=O) groups is 1. The standard InChI is InChI=1S/C22H26N2O3/c1-16-5-4-6-18(13-16)23-9-11-24(12-10-23)21(25)22(2,3)17-7-8-19-20(14-17)27-15-26-19/h4-8,13-14H,9-12,15H2,1-3H3. The zero-order valence-corrected chi connectivity index (χ0v) is 16.2. The monoisotopic (exact) mass is 366 g/mol. The minimum Gasteiger partial charge on any atom is -0.454 e. The van der Waals surface area contributed by atoms with Crippen molar-refractivity contribution in [1.82, 2.24) is 4.90 Å².